The van der Waals surface area contributed by atoms with Gasteiger partial charge in [0.2, 0.25) is 0 Å². The Kier molecular flexibility index (Phi) is 9.54. The van der Waals surface area contributed by atoms with Crippen molar-refractivity contribution in [2.24, 2.45) is 5.41 Å². The fraction of sp³-hybridized carbons (Fsp3) is 0.375. The van der Waals surface area contributed by atoms with Crippen LogP contribution in [-0.2, 0) is 32.4 Å². The minimum Gasteiger partial charge on any atom is -0.512 e. The number of ether oxygens (including phenoxy) is 1. The highest BCUT2D eigenvalue weighted by Crippen LogP contribution is 2.41. The lowest BCUT2D eigenvalue weighted by atomic mass is 9.77. The zero-order valence-corrected chi connectivity index (χ0v) is 25.4. The van der Waals surface area contributed by atoms with Crippen LogP contribution in [0.2, 0.25) is 0 Å². The summed E-state index contributed by atoms with van der Waals surface area (Å²) in [6.07, 6.45) is 4.76. The number of hydrogen-bond acceptors (Lipinski definition) is 8. The standard InChI is InChI=1S/C32H37N3O7S/c1-4-16-32(17-15-23-9-6-5-7-10-23)21-28(36)27(30(37)42-32)20-31(2,3)19-24-11-8-12-25(18-24)34-43(40,41)29-14-13-26(22-33-29)35(38)39/h5-14,18,22,34,36H,4,15-17,19-21H2,1-3H3. The van der Waals surface area contributed by atoms with Crippen LogP contribution in [0.4, 0.5) is 11.4 Å². The summed E-state index contributed by atoms with van der Waals surface area (Å²) >= 11 is 0. The van der Waals surface area contributed by atoms with Gasteiger partial charge in [-0.25, -0.2) is 9.78 Å². The van der Waals surface area contributed by atoms with Gasteiger partial charge in [-0.05, 0) is 66.8 Å². The molecule has 0 saturated heterocycles. The first-order chi connectivity index (χ1) is 20.3. The average Bonchev–Trinajstić information content (AvgIpc) is 2.94. The van der Waals surface area contributed by atoms with E-state index in [1.54, 1.807) is 18.2 Å². The molecule has 4 rings (SSSR count). The second-order valence-corrected chi connectivity index (χ2v) is 13.5. The molecule has 2 aromatic carbocycles. The number of pyridine rings is 1. The number of rotatable bonds is 13. The zero-order chi connectivity index (χ0) is 31.3. The number of nitrogens with zero attached hydrogens (tertiary/aromatic N) is 2. The normalized spacial score (nSPS) is 17.4. The number of aryl methyl sites for hydroxylation is 1. The number of carbonyl (C=O) groups excluding carboxylic acids is 1. The maximum absolute atomic E-state index is 13.3. The lowest BCUT2D eigenvalue weighted by Gasteiger charge is -2.38. The number of sulfonamides is 1. The summed E-state index contributed by atoms with van der Waals surface area (Å²) in [5.74, 6) is -0.418. The topological polar surface area (TPSA) is 149 Å². The number of aliphatic hydroxyl groups is 1. The Bertz CT molecular complexity index is 1600. The van der Waals surface area contributed by atoms with E-state index < -0.39 is 31.9 Å². The molecule has 1 aliphatic rings. The predicted octanol–water partition coefficient (Wildman–Crippen LogP) is 6.68. The second kappa shape index (κ2) is 12.9. The predicted molar refractivity (Wildman–Crippen MR) is 163 cm³/mol. The number of hydrogen-bond donors (Lipinski definition) is 2. The van der Waals surface area contributed by atoms with Crippen molar-refractivity contribution in [1.29, 1.82) is 0 Å². The van der Waals surface area contributed by atoms with Crippen LogP contribution in [0.15, 0.2) is 89.3 Å². The molecule has 0 saturated carbocycles. The highest BCUT2D eigenvalue weighted by atomic mass is 32.2. The summed E-state index contributed by atoms with van der Waals surface area (Å²) in [7, 11) is -4.08. The van der Waals surface area contributed by atoms with Gasteiger partial charge in [-0.1, -0.05) is 69.7 Å². The number of benzene rings is 2. The molecule has 11 heteroatoms. The molecule has 228 valence electrons. The minimum atomic E-state index is -4.08. The van der Waals surface area contributed by atoms with E-state index in [0.29, 0.717) is 24.9 Å². The lowest BCUT2D eigenvalue weighted by molar-refractivity contribution is -0.385. The minimum absolute atomic E-state index is 0.0722. The molecule has 1 aromatic heterocycles. The van der Waals surface area contributed by atoms with Crippen LogP contribution >= 0.6 is 0 Å². The van der Waals surface area contributed by atoms with Gasteiger partial charge < -0.3 is 9.84 Å². The summed E-state index contributed by atoms with van der Waals surface area (Å²) < 4.78 is 34.2. The Balaban J connectivity index is 1.45. The van der Waals surface area contributed by atoms with Crippen LogP contribution < -0.4 is 4.72 Å². The van der Waals surface area contributed by atoms with Crippen LogP contribution in [0.25, 0.3) is 0 Å². The lowest BCUT2D eigenvalue weighted by Crippen LogP contribution is -2.41. The molecule has 0 aliphatic carbocycles. The molecule has 43 heavy (non-hydrogen) atoms. The molecule has 2 N–H and O–H groups in total. The Labute approximate surface area is 252 Å². The number of cyclic esters (lactones) is 1. The molecule has 10 nitrogen and oxygen atoms in total. The molecule has 0 radical (unpaired) electrons. The van der Waals surface area contributed by atoms with Gasteiger partial charge in [0.05, 0.1) is 10.5 Å². The number of anilines is 1. The van der Waals surface area contributed by atoms with Gasteiger partial charge in [-0.15, -0.1) is 0 Å². The van der Waals surface area contributed by atoms with Gasteiger partial charge >= 0.3 is 5.97 Å². The van der Waals surface area contributed by atoms with Crippen molar-refractivity contribution >= 4 is 27.4 Å². The van der Waals surface area contributed by atoms with Crippen molar-refractivity contribution in [3.63, 3.8) is 0 Å². The van der Waals surface area contributed by atoms with Crippen LogP contribution in [0, 0.1) is 15.5 Å². The van der Waals surface area contributed by atoms with Crippen LogP contribution in [0.3, 0.4) is 0 Å². The van der Waals surface area contributed by atoms with Gasteiger partial charge in [0.1, 0.15) is 17.6 Å². The number of nitro groups is 1. The van der Waals surface area contributed by atoms with E-state index in [4.69, 9.17) is 4.74 Å². The van der Waals surface area contributed by atoms with Gasteiger partial charge in [0, 0.05) is 18.2 Å². The van der Waals surface area contributed by atoms with E-state index in [9.17, 15) is 28.4 Å². The van der Waals surface area contributed by atoms with E-state index in [1.165, 1.54) is 0 Å². The number of aliphatic hydroxyl groups excluding tert-OH is 1. The molecule has 1 unspecified atom stereocenters. The fourth-order valence-electron chi connectivity index (χ4n) is 5.56. The maximum Gasteiger partial charge on any atom is 0.337 e. The van der Waals surface area contributed by atoms with Crippen LogP contribution in [-0.4, -0.2) is 35.0 Å². The van der Waals surface area contributed by atoms with E-state index in [1.807, 2.05) is 57.2 Å². The molecule has 0 bridgehead atoms. The van der Waals surface area contributed by atoms with E-state index >= 15 is 0 Å². The highest BCUT2D eigenvalue weighted by molar-refractivity contribution is 7.92. The first-order valence-electron chi connectivity index (χ1n) is 14.2. The van der Waals surface area contributed by atoms with E-state index in [2.05, 4.69) is 9.71 Å². The molecule has 3 aromatic rings. The summed E-state index contributed by atoms with van der Waals surface area (Å²) in [5, 5.41) is 21.6. The van der Waals surface area contributed by atoms with Crippen LogP contribution in [0.1, 0.15) is 64.0 Å². The average molecular weight is 608 g/mol. The number of nitrogens with one attached hydrogen (secondary N) is 1. The largest absolute Gasteiger partial charge is 0.512 e. The smallest absolute Gasteiger partial charge is 0.337 e. The third kappa shape index (κ3) is 8.19. The number of esters is 1. The molecule has 0 amide bonds. The summed E-state index contributed by atoms with van der Waals surface area (Å²) in [4.78, 5) is 27.2. The van der Waals surface area contributed by atoms with E-state index in [-0.39, 0.29) is 34.9 Å². The molecular weight excluding hydrogens is 570 g/mol. The number of aromatic nitrogens is 1. The third-order valence-electron chi connectivity index (χ3n) is 7.54. The molecule has 1 aliphatic heterocycles. The van der Waals surface area contributed by atoms with Crippen molar-refractivity contribution in [3.05, 3.63) is 106 Å². The zero-order valence-electron chi connectivity index (χ0n) is 24.6. The Morgan fingerprint density at radius 2 is 1.77 bits per heavy atom. The molecule has 1 atom stereocenters. The Morgan fingerprint density at radius 3 is 2.40 bits per heavy atom. The Hall–Kier alpha value is -4.25. The van der Waals surface area contributed by atoms with Gasteiger partial charge in [-0.2, -0.15) is 8.42 Å². The summed E-state index contributed by atoms with van der Waals surface area (Å²) in [6.45, 7) is 5.98. The quantitative estimate of drug-likeness (QED) is 0.124. The van der Waals surface area contributed by atoms with Gasteiger partial charge in [-0.3, -0.25) is 14.8 Å². The van der Waals surface area contributed by atoms with Crippen molar-refractivity contribution in [3.8, 4) is 0 Å². The first-order valence-corrected chi connectivity index (χ1v) is 15.7. The molecule has 0 fully saturated rings. The molecular formula is C32H37N3O7S. The van der Waals surface area contributed by atoms with Crippen molar-refractivity contribution in [2.75, 3.05) is 4.72 Å². The van der Waals surface area contributed by atoms with Gasteiger partial charge in [0.15, 0.2) is 5.03 Å². The second-order valence-electron chi connectivity index (χ2n) is 11.8. The SMILES string of the molecule is CCCC1(CCc2ccccc2)CC(O)=C(CC(C)(C)Cc2cccc(NS(=O)(=O)c3ccc([N+](=O)[O-])cn3)c2)C(=O)O1. The van der Waals surface area contributed by atoms with Crippen molar-refractivity contribution in [1.82, 2.24) is 4.98 Å². The third-order valence-corrected chi connectivity index (χ3v) is 8.83. The summed E-state index contributed by atoms with van der Waals surface area (Å²) in [5.41, 5.74) is 1.01. The monoisotopic (exact) mass is 607 g/mol. The first kappa shape index (κ1) is 31.7. The van der Waals surface area contributed by atoms with Crippen LogP contribution in [0.5, 0.6) is 0 Å². The maximum atomic E-state index is 13.3. The molecule has 2 heterocycles. The van der Waals surface area contributed by atoms with Gasteiger partial charge in [0.25, 0.3) is 15.7 Å². The highest BCUT2D eigenvalue weighted by Gasteiger charge is 2.42. The summed E-state index contributed by atoms with van der Waals surface area (Å²) in [6, 6.07) is 19.0. The Morgan fingerprint density at radius 1 is 1.05 bits per heavy atom. The molecule has 0 spiro atoms. The van der Waals surface area contributed by atoms with E-state index in [0.717, 1.165) is 42.3 Å². The van der Waals surface area contributed by atoms with Crippen molar-refractivity contribution in [2.45, 2.75) is 76.3 Å². The fourth-order valence-corrected chi connectivity index (χ4v) is 6.54. The number of carbonyl (C=O) groups is 1. The van der Waals surface area contributed by atoms with Crippen molar-refractivity contribution < 1.29 is 28.0 Å².